The van der Waals surface area contributed by atoms with Crippen molar-refractivity contribution in [1.82, 2.24) is 14.5 Å². The molecule has 5 heteroatoms. The molecule has 6 rings (SSSR count). The number of H-pyrrole nitrogens is 1. The van der Waals surface area contributed by atoms with Crippen LogP contribution in [-0.4, -0.2) is 14.5 Å². The van der Waals surface area contributed by atoms with E-state index in [0.29, 0.717) is 11.0 Å². The van der Waals surface area contributed by atoms with Gasteiger partial charge in [-0.05, 0) is 42.0 Å². The zero-order chi connectivity index (χ0) is 21.5. The number of aromatic amines is 1. The smallest absolute Gasteiger partial charge is 0.257 e. The van der Waals surface area contributed by atoms with Crippen molar-refractivity contribution in [2.45, 2.75) is 6.54 Å². The Morgan fingerprint density at radius 1 is 0.875 bits per heavy atom. The molecule has 0 unspecified atom stereocenters. The van der Waals surface area contributed by atoms with Gasteiger partial charge in [0.25, 0.3) is 5.56 Å². The van der Waals surface area contributed by atoms with E-state index in [0.717, 1.165) is 28.7 Å². The number of nitrogens with one attached hydrogen (secondary N) is 2. The molecule has 0 radical (unpaired) electrons. The molecular weight excluding hydrogens is 396 g/mol. The van der Waals surface area contributed by atoms with E-state index in [4.69, 9.17) is 0 Å². The molecule has 3 heterocycles. The van der Waals surface area contributed by atoms with Crippen LogP contribution in [0.15, 0.2) is 102 Å². The highest BCUT2D eigenvalue weighted by molar-refractivity contribution is 6.11. The molecule has 0 aliphatic heterocycles. The van der Waals surface area contributed by atoms with Crippen LogP contribution >= 0.6 is 0 Å². The van der Waals surface area contributed by atoms with E-state index < -0.39 is 0 Å². The Morgan fingerprint density at radius 3 is 2.56 bits per heavy atom. The summed E-state index contributed by atoms with van der Waals surface area (Å²) in [4.78, 5) is 19.7. The highest BCUT2D eigenvalue weighted by Crippen LogP contribution is 2.30. The standard InChI is InChI=1S/C27H20N4O/c32-27-22-9-5-4-8-21(22)25-23(12-14-28-26(25)30-27)29-20-10-11-24-19(16-20)13-15-31(24)17-18-6-2-1-3-7-18/h1-16H,17H2,(H2,28,29,30,32). The minimum atomic E-state index is -0.126. The summed E-state index contributed by atoms with van der Waals surface area (Å²) < 4.78 is 2.26. The lowest BCUT2D eigenvalue weighted by Gasteiger charge is -2.12. The predicted molar refractivity (Wildman–Crippen MR) is 131 cm³/mol. The van der Waals surface area contributed by atoms with Crippen LogP contribution in [0.3, 0.4) is 0 Å². The third-order valence-corrected chi connectivity index (χ3v) is 5.87. The Morgan fingerprint density at radius 2 is 1.69 bits per heavy atom. The number of hydrogen-bond donors (Lipinski definition) is 2. The highest BCUT2D eigenvalue weighted by atomic mass is 16.1. The van der Waals surface area contributed by atoms with Gasteiger partial charge in [0, 0.05) is 51.7 Å². The number of aromatic nitrogens is 3. The summed E-state index contributed by atoms with van der Waals surface area (Å²) in [6, 6.07) is 28.5. The van der Waals surface area contributed by atoms with Crippen molar-refractivity contribution < 1.29 is 0 Å². The minimum Gasteiger partial charge on any atom is -0.355 e. The highest BCUT2D eigenvalue weighted by Gasteiger charge is 2.11. The van der Waals surface area contributed by atoms with Crippen molar-refractivity contribution in [1.29, 1.82) is 0 Å². The Kier molecular flexibility index (Phi) is 4.25. The van der Waals surface area contributed by atoms with E-state index in [1.165, 1.54) is 16.5 Å². The maximum atomic E-state index is 12.4. The quantitative estimate of drug-likeness (QED) is 0.356. The molecule has 0 atom stereocenters. The molecule has 32 heavy (non-hydrogen) atoms. The Hall–Kier alpha value is -4.38. The topological polar surface area (TPSA) is 62.7 Å². The van der Waals surface area contributed by atoms with Gasteiger partial charge in [-0.25, -0.2) is 4.98 Å². The second-order valence-corrected chi connectivity index (χ2v) is 7.91. The van der Waals surface area contributed by atoms with E-state index in [9.17, 15) is 4.79 Å². The van der Waals surface area contributed by atoms with Gasteiger partial charge in [0.05, 0.1) is 5.69 Å². The molecule has 3 aromatic heterocycles. The van der Waals surface area contributed by atoms with E-state index >= 15 is 0 Å². The molecule has 0 saturated carbocycles. The van der Waals surface area contributed by atoms with Gasteiger partial charge in [0.1, 0.15) is 5.65 Å². The second kappa shape index (κ2) is 7.39. The lowest BCUT2D eigenvalue weighted by atomic mass is 10.1. The Balaban J connectivity index is 1.41. The number of pyridine rings is 2. The fourth-order valence-corrected chi connectivity index (χ4v) is 4.36. The van der Waals surface area contributed by atoms with Crippen LogP contribution in [0.5, 0.6) is 0 Å². The number of benzene rings is 3. The van der Waals surface area contributed by atoms with Gasteiger partial charge >= 0.3 is 0 Å². The molecule has 154 valence electrons. The summed E-state index contributed by atoms with van der Waals surface area (Å²) in [6.45, 7) is 0.839. The van der Waals surface area contributed by atoms with Gasteiger partial charge in [0.15, 0.2) is 0 Å². The van der Waals surface area contributed by atoms with Crippen LogP contribution in [0.25, 0.3) is 32.7 Å². The fraction of sp³-hybridized carbons (Fsp3) is 0.0370. The van der Waals surface area contributed by atoms with Crippen molar-refractivity contribution in [3.63, 3.8) is 0 Å². The van der Waals surface area contributed by atoms with Gasteiger partial charge in [-0.2, -0.15) is 0 Å². The molecule has 0 saturated heterocycles. The molecule has 0 aliphatic rings. The summed E-state index contributed by atoms with van der Waals surface area (Å²) in [5.41, 5.74) is 4.81. The first-order valence-corrected chi connectivity index (χ1v) is 10.6. The molecule has 0 aliphatic carbocycles. The number of fused-ring (bicyclic) bond motifs is 4. The summed E-state index contributed by atoms with van der Waals surface area (Å²) >= 11 is 0. The zero-order valence-corrected chi connectivity index (χ0v) is 17.2. The monoisotopic (exact) mass is 416 g/mol. The van der Waals surface area contributed by atoms with Crippen molar-refractivity contribution in [3.8, 4) is 0 Å². The molecule has 0 fully saturated rings. The summed E-state index contributed by atoms with van der Waals surface area (Å²) in [7, 11) is 0. The van der Waals surface area contributed by atoms with Crippen LogP contribution in [-0.2, 0) is 6.54 Å². The summed E-state index contributed by atoms with van der Waals surface area (Å²) in [5, 5.41) is 7.16. The Bertz CT molecular complexity index is 1650. The van der Waals surface area contributed by atoms with Gasteiger partial charge in [-0.15, -0.1) is 0 Å². The zero-order valence-electron chi connectivity index (χ0n) is 17.2. The Labute approximate surface area is 184 Å². The molecule has 0 amide bonds. The van der Waals surface area contributed by atoms with E-state index in [1.807, 2.05) is 36.4 Å². The van der Waals surface area contributed by atoms with Crippen LogP contribution in [0.2, 0.25) is 0 Å². The summed E-state index contributed by atoms with van der Waals surface area (Å²) in [6.07, 6.45) is 3.84. The van der Waals surface area contributed by atoms with Gasteiger partial charge < -0.3 is 14.9 Å². The lowest BCUT2D eigenvalue weighted by molar-refractivity contribution is 0.837. The molecule has 0 spiro atoms. The first-order chi connectivity index (χ1) is 15.8. The number of rotatable bonds is 4. The van der Waals surface area contributed by atoms with Gasteiger partial charge in [0.2, 0.25) is 0 Å². The van der Waals surface area contributed by atoms with Crippen LogP contribution in [0, 0.1) is 0 Å². The van der Waals surface area contributed by atoms with E-state index in [1.54, 1.807) is 6.20 Å². The summed E-state index contributed by atoms with van der Waals surface area (Å²) in [5.74, 6) is 0. The molecule has 3 aromatic carbocycles. The van der Waals surface area contributed by atoms with Crippen molar-refractivity contribution in [3.05, 3.63) is 113 Å². The normalized spacial score (nSPS) is 11.4. The maximum Gasteiger partial charge on any atom is 0.257 e. The third-order valence-electron chi connectivity index (χ3n) is 5.87. The van der Waals surface area contributed by atoms with Crippen LogP contribution < -0.4 is 10.9 Å². The molecule has 0 bridgehead atoms. The molecule has 2 N–H and O–H groups in total. The van der Waals surface area contributed by atoms with Crippen molar-refractivity contribution in [2.24, 2.45) is 0 Å². The minimum absolute atomic E-state index is 0.126. The van der Waals surface area contributed by atoms with Gasteiger partial charge in [-0.3, -0.25) is 4.79 Å². The first kappa shape index (κ1) is 18.4. The van der Waals surface area contributed by atoms with E-state index in [2.05, 4.69) is 74.6 Å². The molecule has 5 nitrogen and oxygen atoms in total. The number of hydrogen-bond acceptors (Lipinski definition) is 3. The van der Waals surface area contributed by atoms with Crippen molar-refractivity contribution in [2.75, 3.05) is 5.32 Å². The fourth-order valence-electron chi connectivity index (χ4n) is 4.36. The maximum absolute atomic E-state index is 12.4. The van der Waals surface area contributed by atoms with Crippen molar-refractivity contribution >= 4 is 44.1 Å². The number of nitrogens with zero attached hydrogens (tertiary/aromatic N) is 2. The first-order valence-electron chi connectivity index (χ1n) is 10.6. The SMILES string of the molecule is O=c1[nH]c2nccc(Nc3ccc4c(ccn4Cc4ccccc4)c3)c2c2ccccc12. The largest absolute Gasteiger partial charge is 0.355 e. The average Bonchev–Trinajstić information content (AvgIpc) is 3.22. The van der Waals surface area contributed by atoms with Crippen LogP contribution in [0.4, 0.5) is 11.4 Å². The van der Waals surface area contributed by atoms with E-state index in [-0.39, 0.29) is 5.56 Å². The molecule has 6 aromatic rings. The average molecular weight is 416 g/mol. The third kappa shape index (κ3) is 3.11. The van der Waals surface area contributed by atoms with Gasteiger partial charge in [-0.1, -0.05) is 48.5 Å². The lowest BCUT2D eigenvalue weighted by Crippen LogP contribution is -2.08. The molecular formula is C27H20N4O. The predicted octanol–water partition coefficient (Wildman–Crippen LogP) is 5.82. The number of anilines is 2. The second-order valence-electron chi connectivity index (χ2n) is 7.91. The van der Waals surface area contributed by atoms with Crippen LogP contribution in [0.1, 0.15) is 5.56 Å².